The quantitative estimate of drug-likeness (QED) is 0.754. The van der Waals surface area contributed by atoms with Crippen molar-refractivity contribution in [1.82, 2.24) is 0 Å². The van der Waals surface area contributed by atoms with E-state index in [1.165, 1.54) is 5.56 Å². The zero-order valence-corrected chi connectivity index (χ0v) is 10.1. The van der Waals surface area contributed by atoms with E-state index in [-0.39, 0.29) is 11.9 Å². The molecule has 17 heavy (non-hydrogen) atoms. The lowest BCUT2D eigenvalue weighted by molar-refractivity contribution is -0.154. The van der Waals surface area contributed by atoms with Crippen LogP contribution in [0.4, 0.5) is 0 Å². The summed E-state index contributed by atoms with van der Waals surface area (Å²) in [6.45, 7) is 3.66. The molecule has 0 aliphatic carbocycles. The second-order valence-electron chi connectivity index (χ2n) is 4.51. The van der Waals surface area contributed by atoms with E-state index in [1.807, 2.05) is 31.2 Å². The van der Waals surface area contributed by atoms with Gasteiger partial charge in [-0.05, 0) is 25.3 Å². The minimum atomic E-state index is -0.133. The van der Waals surface area contributed by atoms with Crippen molar-refractivity contribution in [2.45, 2.75) is 26.4 Å². The third kappa shape index (κ3) is 3.56. The highest BCUT2D eigenvalue weighted by Gasteiger charge is 2.22. The highest BCUT2D eigenvalue weighted by atomic mass is 16.5. The predicted octanol–water partition coefficient (Wildman–Crippen LogP) is 2.46. The van der Waals surface area contributed by atoms with Gasteiger partial charge in [-0.1, -0.05) is 29.8 Å². The van der Waals surface area contributed by atoms with Crippen molar-refractivity contribution in [3.05, 3.63) is 35.4 Å². The summed E-state index contributed by atoms with van der Waals surface area (Å²) in [6, 6.07) is 8.00. The maximum absolute atomic E-state index is 11.8. The Labute approximate surface area is 102 Å². The normalized spacial score (nSPS) is 19.9. The van der Waals surface area contributed by atoms with Gasteiger partial charge in [0.05, 0.1) is 12.5 Å². The van der Waals surface area contributed by atoms with Crippen LogP contribution in [0.2, 0.25) is 0 Å². The summed E-state index contributed by atoms with van der Waals surface area (Å²) in [7, 11) is 0. The summed E-state index contributed by atoms with van der Waals surface area (Å²) >= 11 is 0. The van der Waals surface area contributed by atoms with Crippen molar-refractivity contribution < 1.29 is 14.3 Å². The maximum Gasteiger partial charge on any atom is 0.311 e. The first-order valence-corrected chi connectivity index (χ1v) is 6.05. The van der Waals surface area contributed by atoms with Gasteiger partial charge < -0.3 is 9.47 Å². The van der Waals surface area contributed by atoms with Gasteiger partial charge in [0, 0.05) is 6.61 Å². The Morgan fingerprint density at radius 2 is 2.41 bits per heavy atom. The van der Waals surface area contributed by atoms with Crippen LogP contribution in [0.3, 0.4) is 0 Å². The van der Waals surface area contributed by atoms with Crippen molar-refractivity contribution in [2.24, 2.45) is 5.92 Å². The molecule has 0 saturated carbocycles. The van der Waals surface area contributed by atoms with E-state index in [0.29, 0.717) is 13.2 Å². The topological polar surface area (TPSA) is 35.5 Å². The van der Waals surface area contributed by atoms with Gasteiger partial charge in [0.25, 0.3) is 0 Å². The molecule has 1 saturated heterocycles. The molecule has 0 spiro atoms. The van der Waals surface area contributed by atoms with Gasteiger partial charge in [0.15, 0.2) is 0 Å². The summed E-state index contributed by atoms with van der Waals surface area (Å²) in [5.74, 6) is -0.209. The Morgan fingerprint density at radius 3 is 3.12 bits per heavy atom. The molecule has 92 valence electrons. The fraction of sp³-hybridized carbons (Fsp3) is 0.500. The standard InChI is InChI=1S/C14H18O3/c1-11-4-2-5-12(8-11)9-17-14(15)13-6-3-7-16-10-13/h2,4-5,8,13H,3,6-7,9-10H2,1H3. The van der Waals surface area contributed by atoms with Crippen LogP contribution in [0, 0.1) is 12.8 Å². The summed E-state index contributed by atoms with van der Waals surface area (Å²) in [5, 5.41) is 0. The first-order valence-electron chi connectivity index (χ1n) is 6.05. The minimum Gasteiger partial charge on any atom is -0.461 e. The molecule has 1 aromatic carbocycles. The van der Waals surface area contributed by atoms with E-state index in [1.54, 1.807) is 0 Å². The average Bonchev–Trinajstić information content (AvgIpc) is 2.37. The van der Waals surface area contributed by atoms with Crippen molar-refractivity contribution in [2.75, 3.05) is 13.2 Å². The Bertz CT molecular complexity index is 381. The number of aryl methyl sites for hydroxylation is 1. The highest BCUT2D eigenvalue weighted by molar-refractivity contribution is 5.72. The number of rotatable bonds is 3. The van der Waals surface area contributed by atoms with E-state index >= 15 is 0 Å². The summed E-state index contributed by atoms with van der Waals surface area (Å²) < 4.78 is 10.6. The van der Waals surface area contributed by atoms with E-state index in [4.69, 9.17) is 9.47 Å². The van der Waals surface area contributed by atoms with E-state index in [2.05, 4.69) is 0 Å². The molecule has 1 aliphatic rings. The SMILES string of the molecule is Cc1cccc(COC(=O)C2CCCOC2)c1. The molecule has 0 bridgehead atoms. The zero-order chi connectivity index (χ0) is 12.1. The fourth-order valence-corrected chi connectivity index (χ4v) is 2.00. The molecule has 1 atom stereocenters. The Hall–Kier alpha value is -1.35. The zero-order valence-electron chi connectivity index (χ0n) is 10.1. The highest BCUT2D eigenvalue weighted by Crippen LogP contribution is 2.16. The van der Waals surface area contributed by atoms with E-state index < -0.39 is 0 Å². The lowest BCUT2D eigenvalue weighted by atomic mass is 10.0. The van der Waals surface area contributed by atoms with Crippen LogP contribution in [0.15, 0.2) is 24.3 Å². The van der Waals surface area contributed by atoms with Crippen molar-refractivity contribution in [3.63, 3.8) is 0 Å². The van der Waals surface area contributed by atoms with Crippen LogP contribution < -0.4 is 0 Å². The molecule has 3 nitrogen and oxygen atoms in total. The fourth-order valence-electron chi connectivity index (χ4n) is 2.00. The summed E-state index contributed by atoms with van der Waals surface area (Å²) in [5.41, 5.74) is 2.22. The smallest absolute Gasteiger partial charge is 0.311 e. The third-order valence-corrected chi connectivity index (χ3v) is 2.96. The Kier molecular flexibility index (Phi) is 4.15. The Morgan fingerprint density at radius 1 is 1.53 bits per heavy atom. The van der Waals surface area contributed by atoms with Crippen LogP contribution in [-0.4, -0.2) is 19.2 Å². The molecule has 0 aromatic heterocycles. The number of hydrogen-bond donors (Lipinski definition) is 0. The summed E-state index contributed by atoms with van der Waals surface area (Å²) in [4.78, 5) is 11.8. The molecule has 0 radical (unpaired) electrons. The largest absolute Gasteiger partial charge is 0.461 e. The maximum atomic E-state index is 11.8. The molecule has 0 amide bonds. The Balaban J connectivity index is 1.83. The lowest BCUT2D eigenvalue weighted by Crippen LogP contribution is -2.26. The number of esters is 1. The van der Waals surface area contributed by atoms with E-state index in [0.717, 1.165) is 25.0 Å². The van der Waals surface area contributed by atoms with Gasteiger partial charge in [-0.25, -0.2) is 0 Å². The molecule has 3 heteroatoms. The molecule has 1 heterocycles. The summed E-state index contributed by atoms with van der Waals surface area (Å²) in [6.07, 6.45) is 1.83. The van der Waals surface area contributed by atoms with Crippen molar-refractivity contribution >= 4 is 5.97 Å². The molecular weight excluding hydrogens is 216 g/mol. The molecule has 0 N–H and O–H groups in total. The second kappa shape index (κ2) is 5.82. The molecule has 1 aliphatic heterocycles. The number of hydrogen-bond acceptors (Lipinski definition) is 3. The average molecular weight is 234 g/mol. The number of carbonyl (C=O) groups excluding carboxylic acids is 1. The van der Waals surface area contributed by atoms with Gasteiger partial charge in [-0.3, -0.25) is 4.79 Å². The van der Waals surface area contributed by atoms with E-state index in [9.17, 15) is 4.79 Å². The number of carbonyl (C=O) groups is 1. The van der Waals surface area contributed by atoms with Crippen molar-refractivity contribution in [3.8, 4) is 0 Å². The van der Waals surface area contributed by atoms with Crippen LogP contribution >= 0.6 is 0 Å². The van der Waals surface area contributed by atoms with Crippen molar-refractivity contribution in [1.29, 1.82) is 0 Å². The lowest BCUT2D eigenvalue weighted by Gasteiger charge is -2.20. The second-order valence-corrected chi connectivity index (χ2v) is 4.51. The van der Waals surface area contributed by atoms with Gasteiger partial charge >= 0.3 is 5.97 Å². The van der Waals surface area contributed by atoms with Crippen LogP contribution in [-0.2, 0) is 20.9 Å². The third-order valence-electron chi connectivity index (χ3n) is 2.96. The monoisotopic (exact) mass is 234 g/mol. The molecule has 1 aromatic rings. The molecule has 1 unspecified atom stereocenters. The van der Waals surface area contributed by atoms with Gasteiger partial charge in [0.1, 0.15) is 6.61 Å². The van der Waals surface area contributed by atoms with Crippen LogP contribution in [0.1, 0.15) is 24.0 Å². The first-order chi connectivity index (χ1) is 8.25. The number of ether oxygens (including phenoxy) is 2. The molecule has 1 fully saturated rings. The number of benzene rings is 1. The first kappa shape index (κ1) is 12.1. The van der Waals surface area contributed by atoms with Crippen LogP contribution in [0.5, 0.6) is 0 Å². The van der Waals surface area contributed by atoms with Crippen LogP contribution in [0.25, 0.3) is 0 Å². The predicted molar refractivity (Wildman–Crippen MR) is 64.5 cm³/mol. The minimum absolute atomic E-state index is 0.0754. The van der Waals surface area contributed by atoms with Gasteiger partial charge in [0.2, 0.25) is 0 Å². The molecular formula is C14H18O3. The van der Waals surface area contributed by atoms with Gasteiger partial charge in [-0.2, -0.15) is 0 Å². The van der Waals surface area contributed by atoms with Gasteiger partial charge in [-0.15, -0.1) is 0 Å². The molecule has 2 rings (SSSR count).